The molecule has 0 heterocycles. The fraction of sp³-hybridized carbons (Fsp3) is 0.400. The number of phenols is 1. The van der Waals surface area contributed by atoms with Crippen molar-refractivity contribution in [1.82, 2.24) is 0 Å². The van der Waals surface area contributed by atoms with Gasteiger partial charge in [-0.3, -0.25) is 0 Å². The van der Waals surface area contributed by atoms with Gasteiger partial charge in [-0.05, 0) is 37.5 Å². The smallest absolute Gasteiger partial charge is 0.236 e. The van der Waals surface area contributed by atoms with E-state index in [2.05, 4.69) is 15.9 Å². The number of aromatic hydroxyl groups is 1. The second-order valence-corrected chi connectivity index (χ2v) is 7.27. The molecule has 6 heteroatoms. The van der Waals surface area contributed by atoms with Crippen LogP contribution < -0.4 is 0 Å². The van der Waals surface area contributed by atoms with Crippen molar-refractivity contribution in [3.8, 4) is 5.75 Å². The predicted octanol–water partition coefficient (Wildman–Crippen LogP) is 3.15. The van der Waals surface area contributed by atoms with Crippen LogP contribution in [-0.2, 0) is 14.8 Å². The van der Waals surface area contributed by atoms with E-state index in [0.717, 1.165) is 10.0 Å². The maximum Gasteiger partial charge on any atom is 0.236 e. The van der Waals surface area contributed by atoms with E-state index in [-0.39, 0.29) is 11.5 Å². The van der Waals surface area contributed by atoms with Crippen molar-refractivity contribution in [1.29, 1.82) is 0 Å². The predicted molar refractivity (Wildman–Crippen MR) is 68.5 cm³/mol. The maximum atomic E-state index is 11.1. The van der Waals surface area contributed by atoms with E-state index < -0.39 is 9.05 Å². The molecule has 90 valence electrons. The third-order valence-corrected chi connectivity index (χ3v) is 4.78. The summed E-state index contributed by atoms with van der Waals surface area (Å²) in [5, 5.41) is 9.90. The number of hydrogen-bond donors (Lipinski definition) is 1. The van der Waals surface area contributed by atoms with Gasteiger partial charge >= 0.3 is 0 Å². The summed E-state index contributed by atoms with van der Waals surface area (Å²) in [5.41, 5.74) is 2.60. The van der Waals surface area contributed by atoms with Gasteiger partial charge in [-0.25, -0.2) is 8.42 Å². The van der Waals surface area contributed by atoms with Gasteiger partial charge in [0.2, 0.25) is 9.05 Å². The summed E-state index contributed by atoms with van der Waals surface area (Å²) >= 11 is 3.37. The highest BCUT2D eigenvalue weighted by molar-refractivity contribution is 9.10. The van der Waals surface area contributed by atoms with Crippen molar-refractivity contribution in [3.63, 3.8) is 0 Å². The van der Waals surface area contributed by atoms with Crippen molar-refractivity contribution < 1.29 is 13.5 Å². The zero-order chi connectivity index (χ0) is 12.7. The summed E-state index contributed by atoms with van der Waals surface area (Å²) in [5.74, 6) is -0.367. The SMILES string of the molecule is Cc1c(C)c(Br)c(C)c(CS(=O)(=O)Cl)c1O. The lowest BCUT2D eigenvalue weighted by Gasteiger charge is -2.15. The second-order valence-electron chi connectivity index (χ2n) is 3.70. The van der Waals surface area contributed by atoms with Gasteiger partial charge in [0.1, 0.15) is 5.75 Å². The largest absolute Gasteiger partial charge is 0.507 e. The van der Waals surface area contributed by atoms with Crippen LogP contribution in [0.3, 0.4) is 0 Å². The lowest BCUT2D eigenvalue weighted by atomic mass is 10.0. The van der Waals surface area contributed by atoms with Gasteiger partial charge in [-0.1, -0.05) is 15.9 Å². The zero-order valence-corrected chi connectivity index (χ0v) is 12.3. The first-order valence-corrected chi connectivity index (χ1v) is 7.81. The molecule has 1 aromatic rings. The van der Waals surface area contributed by atoms with E-state index in [9.17, 15) is 13.5 Å². The third-order valence-electron chi connectivity index (χ3n) is 2.63. The molecule has 0 bridgehead atoms. The first-order valence-electron chi connectivity index (χ1n) is 4.54. The molecule has 0 aliphatic carbocycles. The minimum Gasteiger partial charge on any atom is -0.507 e. The normalized spacial score (nSPS) is 11.8. The van der Waals surface area contributed by atoms with Crippen LogP contribution in [0.25, 0.3) is 0 Å². The lowest BCUT2D eigenvalue weighted by Crippen LogP contribution is -2.02. The Bertz CT molecular complexity index is 508. The number of phenolic OH excluding ortho intramolecular Hbond substituents is 1. The molecule has 0 saturated heterocycles. The minimum absolute atomic E-state index is 0.00225. The molecule has 0 aromatic heterocycles. The molecule has 16 heavy (non-hydrogen) atoms. The highest BCUT2D eigenvalue weighted by atomic mass is 79.9. The molecule has 0 aliphatic rings. The van der Waals surface area contributed by atoms with E-state index in [1.165, 1.54) is 0 Å². The lowest BCUT2D eigenvalue weighted by molar-refractivity contribution is 0.464. The number of benzene rings is 1. The van der Waals surface area contributed by atoms with E-state index in [1.807, 2.05) is 6.92 Å². The fourth-order valence-corrected chi connectivity index (χ4v) is 3.07. The molecule has 1 aromatic carbocycles. The molecule has 0 saturated carbocycles. The molecule has 1 N–H and O–H groups in total. The van der Waals surface area contributed by atoms with Crippen molar-refractivity contribution in [2.45, 2.75) is 26.5 Å². The Hall–Kier alpha value is -0.260. The van der Waals surface area contributed by atoms with E-state index >= 15 is 0 Å². The van der Waals surface area contributed by atoms with Crippen LogP contribution in [0.1, 0.15) is 22.3 Å². The topological polar surface area (TPSA) is 54.4 Å². The van der Waals surface area contributed by atoms with Gasteiger partial charge in [0.25, 0.3) is 0 Å². The highest BCUT2D eigenvalue weighted by Gasteiger charge is 2.19. The Morgan fingerprint density at radius 1 is 1.19 bits per heavy atom. The molecule has 0 aliphatic heterocycles. The first-order chi connectivity index (χ1) is 7.15. The van der Waals surface area contributed by atoms with Gasteiger partial charge < -0.3 is 5.11 Å². The molecular formula is C10H12BrClO3S. The molecule has 0 atom stereocenters. The summed E-state index contributed by atoms with van der Waals surface area (Å²) in [7, 11) is 1.52. The Balaban J connectivity index is 3.52. The van der Waals surface area contributed by atoms with Crippen LogP contribution in [0, 0.1) is 20.8 Å². The van der Waals surface area contributed by atoms with Crippen molar-refractivity contribution >= 4 is 35.7 Å². The molecule has 0 fully saturated rings. The molecule has 0 unspecified atom stereocenters. The van der Waals surface area contributed by atoms with Gasteiger partial charge in [0.05, 0.1) is 5.75 Å². The average Bonchev–Trinajstić information content (AvgIpc) is 2.17. The summed E-state index contributed by atoms with van der Waals surface area (Å²) < 4.78 is 22.9. The standard InChI is InChI=1S/C10H12BrClO3S/c1-5-6(2)10(13)8(4-16(12,14)15)7(3)9(5)11/h13H,4H2,1-3H3. The van der Waals surface area contributed by atoms with Crippen molar-refractivity contribution in [2.75, 3.05) is 0 Å². The highest BCUT2D eigenvalue weighted by Crippen LogP contribution is 2.36. The molecule has 0 amide bonds. The molecule has 0 radical (unpaired) electrons. The number of hydrogen-bond acceptors (Lipinski definition) is 3. The summed E-state index contributed by atoms with van der Waals surface area (Å²) in [6, 6.07) is 0. The van der Waals surface area contributed by atoms with E-state index in [0.29, 0.717) is 16.7 Å². The summed E-state index contributed by atoms with van der Waals surface area (Å²) in [6.07, 6.45) is 0. The monoisotopic (exact) mass is 326 g/mol. The Morgan fingerprint density at radius 2 is 1.69 bits per heavy atom. The van der Waals surface area contributed by atoms with Crippen LogP contribution in [0.2, 0.25) is 0 Å². The quantitative estimate of drug-likeness (QED) is 0.849. The third kappa shape index (κ3) is 2.70. The van der Waals surface area contributed by atoms with Crippen LogP contribution in [0.4, 0.5) is 0 Å². The Morgan fingerprint density at radius 3 is 2.12 bits per heavy atom. The average molecular weight is 328 g/mol. The van der Waals surface area contributed by atoms with Crippen LogP contribution in [-0.4, -0.2) is 13.5 Å². The minimum atomic E-state index is -3.68. The number of rotatable bonds is 2. The van der Waals surface area contributed by atoms with Gasteiger partial charge in [-0.15, -0.1) is 0 Å². The second kappa shape index (κ2) is 4.55. The van der Waals surface area contributed by atoms with E-state index in [4.69, 9.17) is 10.7 Å². The summed E-state index contributed by atoms with van der Waals surface area (Å²) in [4.78, 5) is 0. The zero-order valence-electron chi connectivity index (χ0n) is 9.13. The summed E-state index contributed by atoms with van der Waals surface area (Å²) in [6.45, 7) is 5.33. The molecule has 3 nitrogen and oxygen atoms in total. The molecule has 0 spiro atoms. The van der Waals surface area contributed by atoms with Gasteiger partial charge in [0.15, 0.2) is 0 Å². The number of halogens is 2. The van der Waals surface area contributed by atoms with Gasteiger partial charge in [-0.2, -0.15) is 0 Å². The fourth-order valence-electron chi connectivity index (χ4n) is 1.51. The van der Waals surface area contributed by atoms with E-state index in [1.54, 1.807) is 13.8 Å². The molecule has 1 rings (SSSR count). The van der Waals surface area contributed by atoms with Crippen LogP contribution >= 0.6 is 26.6 Å². The Labute approximate surface area is 108 Å². The van der Waals surface area contributed by atoms with Crippen LogP contribution in [0.15, 0.2) is 4.47 Å². The molecular weight excluding hydrogens is 316 g/mol. The van der Waals surface area contributed by atoms with Crippen LogP contribution in [0.5, 0.6) is 5.75 Å². The van der Waals surface area contributed by atoms with Crippen molar-refractivity contribution in [3.05, 3.63) is 26.7 Å². The maximum absolute atomic E-state index is 11.1. The first kappa shape index (κ1) is 13.8. The Kier molecular flexibility index (Phi) is 3.92. The van der Waals surface area contributed by atoms with Gasteiger partial charge in [0, 0.05) is 20.7 Å². The van der Waals surface area contributed by atoms with Crippen molar-refractivity contribution in [2.24, 2.45) is 0 Å².